The van der Waals surface area contributed by atoms with Crippen LogP contribution in [-0.2, 0) is 13.0 Å². The van der Waals surface area contributed by atoms with Gasteiger partial charge in [-0.25, -0.2) is 0 Å². The molecule has 0 aliphatic heterocycles. The highest BCUT2D eigenvalue weighted by atomic mass is 15.3. The summed E-state index contributed by atoms with van der Waals surface area (Å²) in [7, 11) is 0. The van der Waals surface area contributed by atoms with E-state index in [2.05, 4.69) is 21.1 Å². The van der Waals surface area contributed by atoms with Crippen LogP contribution in [0.5, 0.6) is 0 Å². The third-order valence-corrected chi connectivity index (χ3v) is 2.27. The van der Waals surface area contributed by atoms with Gasteiger partial charge in [-0.05, 0) is 12.5 Å². The largest absolute Gasteiger partial charge is 0.261 e. The van der Waals surface area contributed by atoms with Gasteiger partial charge in [0, 0.05) is 18.1 Å². The zero-order valence-electron chi connectivity index (χ0n) is 8.96. The van der Waals surface area contributed by atoms with Crippen LogP contribution in [0, 0.1) is 11.3 Å². The maximum atomic E-state index is 8.68. The molecule has 2 rings (SSSR count). The van der Waals surface area contributed by atoms with Crippen LogP contribution in [0.25, 0.3) is 11.4 Å². The van der Waals surface area contributed by atoms with Crippen molar-refractivity contribution in [3.05, 3.63) is 30.4 Å². The Bertz CT molecular complexity index is 509. The number of nitriles is 1. The number of aromatic nitrogens is 4. The Hall–Kier alpha value is -2.22. The van der Waals surface area contributed by atoms with Gasteiger partial charge in [0.2, 0.25) is 0 Å². The van der Waals surface area contributed by atoms with Crippen molar-refractivity contribution >= 4 is 0 Å². The van der Waals surface area contributed by atoms with Crippen molar-refractivity contribution in [1.29, 1.82) is 5.26 Å². The lowest BCUT2D eigenvalue weighted by atomic mass is 10.2. The number of rotatable bonds is 3. The monoisotopic (exact) mass is 213 g/mol. The Morgan fingerprint density at radius 2 is 2.25 bits per heavy atom. The molecule has 2 aromatic rings. The van der Waals surface area contributed by atoms with Gasteiger partial charge in [0.1, 0.15) is 17.9 Å². The van der Waals surface area contributed by atoms with Crippen LogP contribution >= 0.6 is 0 Å². The zero-order valence-corrected chi connectivity index (χ0v) is 8.96. The average Bonchev–Trinajstić information content (AvgIpc) is 2.74. The van der Waals surface area contributed by atoms with Crippen molar-refractivity contribution < 1.29 is 0 Å². The Balaban J connectivity index is 2.41. The fourth-order valence-corrected chi connectivity index (χ4v) is 1.50. The van der Waals surface area contributed by atoms with Crippen LogP contribution in [0.15, 0.2) is 24.7 Å². The van der Waals surface area contributed by atoms with E-state index in [4.69, 9.17) is 5.26 Å². The summed E-state index contributed by atoms with van der Waals surface area (Å²) in [6.07, 6.45) is 5.76. The fraction of sp³-hybridized carbons (Fsp3) is 0.273. The summed E-state index contributed by atoms with van der Waals surface area (Å²) >= 11 is 0. The predicted molar refractivity (Wildman–Crippen MR) is 58.2 cm³/mol. The van der Waals surface area contributed by atoms with Gasteiger partial charge >= 0.3 is 0 Å². The van der Waals surface area contributed by atoms with Crippen LogP contribution < -0.4 is 0 Å². The number of hydrogen-bond acceptors (Lipinski definition) is 4. The van der Waals surface area contributed by atoms with E-state index >= 15 is 0 Å². The van der Waals surface area contributed by atoms with E-state index in [0.717, 1.165) is 23.5 Å². The Kier molecular flexibility index (Phi) is 2.92. The van der Waals surface area contributed by atoms with Crippen LogP contribution in [0.4, 0.5) is 0 Å². The van der Waals surface area contributed by atoms with Crippen molar-refractivity contribution in [2.24, 2.45) is 0 Å². The van der Waals surface area contributed by atoms with Gasteiger partial charge in [-0.2, -0.15) is 10.4 Å². The first-order chi connectivity index (χ1) is 7.85. The van der Waals surface area contributed by atoms with Gasteiger partial charge in [-0.15, -0.1) is 0 Å². The van der Waals surface area contributed by atoms with E-state index in [0.29, 0.717) is 0 Å². The maximum Gasteiger partial charge on any atom is 0.128 e. The molecule has 16 heavy (non-hydrogen) atoms. The van der Waals surface area contributed by atoms with Gasteiger partial charge in [0.15, 0.2) is 0 Å². The fourth-order valence-electron chi connectivity index (χ4n) is 1.50. The molecule has 0 aliphatic rings. The molecule has 80 valence electrons. The van der Waals surface area contributed by atoms with Gasteiger partial charge in [-0.1, -0.05) is 6.92 Å². The molecule has 0 saturated carbocycles. The van der Waals surface area contributed by atoms with E-state index in [9.17, 15) is 0 Å². The van der Waals surface area contributed by atoms with E-state index < -0.39 is 0 Å². The molecule has 5 heteroatoms. The molecule has 0 bridgehead atoms. The summed E-state index contributed by atoms with van der Waals surface area (Å²) in [4.78, 5) is 8.17. The molecule has 2 heterocycles. The molecule has 0 unspecified atom stereocenters. The molecule has 5 nitrogen and oxygen atoms in total. The second kappa shape index (κ2) is 4.53. The van der Waals surface area contributed by atoms with Gasteiger partial charge < -0.3 is 0 Å². The summed E-state index contributed by atoms with van der Waals surface area (Å²) in [6.45, 7) is 2.30. The number of aryl methyl sites for hydroxylation is 1. The minimum Gasteiger partial charge on any atom is -0.261 e. The van der Waals surface area contributed by atoms with Gasteiger partial charge in [-0.3, -0.25) is 14.6 Å². The standard InChI is InChI=1S/C11H11N5/c1-2-9-7-10(15-16(9)6-3-12)11-8-13-4-5-14-11/h4-5,7-8H,2,6H2,1H3. The molecule has 0 N–H and O–H groups in total. The van der Waals surface area contributed by atoms with Crippen LogP contribution in [-0.4, -0.2) is 19.7 Å². The molecule has 0 fully saturated rings. The third-order valence-electron chi connectivity index (χ3n) is 2.27. The van der Waals surface area contributed by atoms with E-state index in [1.165, 1.54) is 0 Å². The Morgan fingerprint density at radius 3 is 2.88 bits per heavy atom. The zero-order chi connectivity index (χ0) is 11.4. The molecule has 0 atom stereocenters. The second-order valence-electron chi connectivity index (χ2n) is 3.28. The molecule has 0 amide bonds. The lowest BCUT2D eigenvalue weighted by Gasteiger charge is -1.97. The molecule has 0 saturated heterocycles. The normalized spacial score (nSPS) is 10.0. The molecule has 0 radical (unpaired) electrons. The minimum atomic E-state index is 0.267. The lowest BCUT2D eigenvalue weighted by Crippen LogP contribution is -2.02. The van der Waals surface area contributed by atoms with E-state index in [1.54, 1.807) is 23.3 Å². The maximum absolute atomic E-state index is 8.68. The highest BCUT2D eigenvalue weighted by Gasteiger charge is 2.08. The predicted octanol–water partition coefficient (Wildman–Crippen LogP) is 1.43. The first-order valence-corrected chi connectivity index (χ1v) is 5.05. The van der Waals surface area contributed by atoms with Crippen molar-refractivity contribution in [1.82, 2.24) is 19.7 Å². The van der Waals surface area contributed by atoms with Crippen molar-refractivity contribution in [2.75, 3.05) is 0 Å². The second-order valence-corrected chi connectivity index (χ2v) is 3.28. The molecule has 0 aromatic carbocycles. The molecule has 0 spiro atoms. The number of nitrogens with zero attached hydrogens (tertiary/aromatic N) is 5. The van der Waals surface area contributed by atoms with Crippen LogP contribution in [0.1, 0.15) is 12.6 Å². The lowest BCUT2D eigenvalue weighted by molar-refractivity contribution is 0.671. The first-order valence-electron chi connectivity index (χ1n) is 5.05. The quantitative estimate of drug-likeness (QED) is 0.773. The van der Waals surface area contributed by atoms with Crippen LogP contribution in [0.3, 0.4) is 0 Å². The topological polar surface area (TPSA) is 67.4 Å². The summed E-state index contributed by atoms with van der Waals surface area (Å²) in [5.74, 6) is 0. The molecule has 2 aromatic heterocycles. The first kappa shape index (κ1) is 10.3. The highest BCUT2D eigenvalue weighted by molar-refractivity contribution is 5.52. The summed E-state index contributed by atoms with van der Waals surface area (Å²) in [5, 5.41) is 13.0. The smallest absolute Gasteiger partial charge is 0.128 e. The third kappa shape index (κ3) is 1.91. The molecular formula is C11H11N5. The van der Waals surface area contributed by atoms with Crippen molar-refractivity contribution in [2.45, 2.75) is 19.9 Å². The van der Waals surface area contributed by atoms with Crippen LogP contribution in [0.2, 0.25) is 0 Å². The average molecular weight is 213 g/mol. The number of hydrogen-bond donors (Lipinski definition) is 0. The van der Waals surface area contributed by atoms with E-state index in [-0.39, 0.29) is 6.54 Å². The minimum absolute atomic E-state index is 0.267. The van der Waals surface area contributed by atoms with Crippen molar-refractivity contribution in [3.8, 4) is 17.5 Å². The van der Waals surface area contributed by atoms with Crippen molar-refractivity contribution in [3.63, 3.8) is 0 Å². The Labute approximate surface area is 93.4 Å². The summed E-state index contributed by atoms with van der Waals surface area (Å²) in [5.41, 5.74) is 2.52. The Morgan fingerprint density at radius 1 is 1.38 bits per heavy atom. The van der Waals surface area contributed by atoms with Gasteiger partial charge in [0.05, 0.1) is 12.3 Å². The SMILES string of the molecule is CCc1cc(-c2cnccn2)nn1CC#N. The summed E-state index contributed by atoms with van der Waals surface area (Å²) in [6, 6.07) is 4.03. The summed E-state index contributed by atoms with van der Waals surface area (Å²) < 4.78 is 1.70. The molecular weight excluding hydrogens is 202 g/mol. The highest BCUT2D eigenvalue weighted by Crippen LogP contribution is 2.15. The van der Waals surface area contributed by atoms with E-state index in [1.807, 2.05) is 13.0 Å². The van der Waals surface area contributed by atoms with Gasteiger partial charge in [0.25, 0.3) is 0 Å². The molecule has 0 aliphatic carbocycles.